The summed E-state index contributed by atoms with van der Waals surface area (Å²) >= 11 is 1.54. The molecule has 0 radical (unpaired) electrons. The summed E-state index contributed by atoms with van der Waals surface area (Å²) in [5.41, 5.74) is 3.74. The first-order valence-electron chi connectivity index (χ1n) is 11.2. The molecule has 0 saturated heterocycles. The Balaban J connectivity index is 1.46. The number of anilines is 1. The highest BCUT2D eigenvalue weighted by molar-refractivity contribution is 7.08. The highest BCUT2D eigenvalue weighted by atomic mass is 32.1. The Kier molecular flexibility index (Phi) is 5.42. The van der Waals surface area contributed by atoms with Crippen LogP contribution >= 0.6 is 11.3 Å². The second-order valence-electron chi connectivity index (χ2n) is 8.35. The summed E-state index contributed by atoms with van der Waals surface area (Å²) in [5.74, 6) is 0.303. The number of rotatable bonds is 5. The molecule has 8 heteroatoms. The van der Waals surface area contributed by atoms with Crippen molar-refractivity contribution >= 4 is 28.8 Å². The van der Waals surface area contributed by atoms with Gasteiger partial charge in [0.1, 0.15) is 0 Å². The topological polar surface area (TPSA) is 80.8 Å². The molecule has 2 aliphatic rings. The van der Waals surface area contributed by atoms with Gasteiger partial charge in [0.05, 0.1) is 12.0 Å². The summed E-state index contributed by atoms with van der Waals surface area (Å²) in [6.45, 7) is 0.512. The monoisotopic (exact) mass is 483 g/mol. The van der Waals surface area contributed by atoms with Crippen LogP contribution in [0.4, 0.5) is 5.69 Å². The Morgan fingerprint density at radius 3 is 2.71 bits per heavy atom. The highest BCUT2D eigenvalue weighted by Gasteiger charge is 2.45. The van der Waals surface area contributed by atoms with Gasteiger partial charge in [-0.05, 0) is 63.8 Å². The Labute approximate surface area is 206 Å². The Bertz CT molecular complexity index is 1390. The lowest BCUT2D eigenvalue weighted by Crippen LogP contribution is -2.47. The predicted molar refractivity (Wildman–Crippen MR) is 132 cm³/mol. The smallest absolute Gasteiger partial charge is 0.259 e. The van der Waals surface area contributed by atoms with Crippen LogP contribution in [0.3, 0.4) is 0 Å². The molecule has 0 saturated carbocycles. The number of nitrogens with zero attached hydrogens (tertiary/aromatic N) is 2. The van der Waals surface area contributed by atoms with Gasteiger partial charge >= 0.3 is 0 Å². The van der Waals surface area contributed by atoms with Crippen LogP contribution in [0.1, 0.15) is 39.0 Å². The van der Waals surface area contributed by atoms with Gasteiger partial charge in [0, 0.05) is 36.3 Å². The first-order valence-corrected chi connectivity index (χ1v) is 12.2. The summed E-state index contributed by atoms with van der Waals surface area (Å²) in [4.78, 5) is 33.4. The van der Waals surface area contributed by atoms with Crippen LogP contribution in [0.5, 0.6) is 11.5 Å². The Morgan fingerprint density at radius 1 is 1.06 bits per heavy atom. The van der Waals surface area contributed by atoms with Gasteiger partial charge in [-0.1, -0.05) is 18.2 Å². The fourth-order valence-corrected chi connectivity index (χ4v) is 5.41. The molecule has 174 valence electrons. The van der Waals surface area contributed by atoms with E-state index in [2.05, 4.69) is 10.3 Å². The summed E-state index contributed by atoms with van der Waals surface area (Å²) in [5, 5.41) is 7.04. The van der Waals surface area contributed by atoms with E-state index in [9.17, 15) is 9.59 Å². The molecule has 2 amide bonds. The number of benzene rings is 2. The molecule has 2 aromatic carbocycles. The first-order chi connectivity index (χ1) is 17.2. The van der Waals surface area contributed by atoms with Crippen molar-refractivity contribution in [2.75, 3.05) is 11.7 Å². The number of carbonyl (C=O) groups is 2. The number of fused-ring (bicyclic) bond motifs is 2. The summed E-state index contributed by atoms with van der Waals surface area (Å²) < 4.78 is 11.0. The molecular weight excluding hydrogens is 462 g/mol. The van der Waals surface area contributed by atoms with E-state index >= 15 is 0 Å². The van der Waals surface area contributed by atoms with Crippen molar-refractivity contribution in [1.29, 1.82) is 0 Å². The number of nitrogens with one attached hydrogen (secondary N) is 1. The van der Waals surface area contributed by atoms with Gasteiger partial charge in [0.2, 0.25) is 12.7 Å². The Morgan fingerprint density at radius 2 is 1.89 bits per heavy atom. The fraction of sp³-hybridized carbons (Fsp3) is 0.148. The van der Waals surface area contributed by atoms with Gasteiger partial charge < -0.3 is 14.8 Å². The molecule has 1 N–H and O–H groups in total. The molecular formula is C27H21N3O4S. The zero-order chi connectivity index (χ0) is 23.8. The quantitative estimate of drug-likeness (QED) is 0.446. The van der Waals surface area contributed by atoms with E-state index in [0.29, 0.717) is 29.3 Å². The lowest BCUT2D eigenvalue weighted by Gasteiger charge is -2.41. The van der Waals surface area contributed by atoms with Crippen LogP contribution in [-0.2, 0) is 11.3 Å². The lowest BCUT2D eigenvalue weighted by molar-refractivity contribution is -0.123. The molecule has 35 heavy (non-hydrogen) atoms. The van der Waals surface area contributed by atoms with Crippen molar-refractivity contribution in [2.24, 2.45) is 0 Å². The minimum atomic E-state index is -0.606. The Hall–Kier alpha value is -4.17. The lowest BCUT2D eigenvalue weighted by atomic mass is 9.79. The molecule has 0 bridgehead atoms. The van der Waals surface area contributed by atoms with Gasteiger partial charge in [0.25, 0.3) is 5.91 Å². The average Bonchev–Trinajstić information content (AvgIpc) is 3.60. The first kappa shape index (κ1) is 21.4. The normalized spacial score (nSPS) is 18.3. The maximum absolute atomic E-state index is 13.9. The standard InChI is InChI=1S/C27H21N3O4S/c31-26(29-14-17-7-10-28-11-8-17)24-20-3-1-2-4-21(20)27(32)30(25(24)18-9-12-35-15-18)19-5-6-22-23(13-19)34-16-33-22/h1-13,15,24-25H,14,16H2,(H,29,31). The number of hydrogen-bond donors (Lipinski definition) is 1. The molecule has 0 aliphatic carbocycles. The maximum Gasteiger partial charge on any atom is 0.259 e. The fourth-order valence-electron chi connectivity index (χ4n) is 4.72. The number of amides is 2. The van der Waals surface area contributed by atoms with Crippen LogP contribution in [0.25, 0.3) is 0 Å². The second kappa shape index (κ2) is 8.88. The van der Waals surface area contributed by atoms with Crippen LogP contribution in [0, 0.1) is 0 Å². The number of aromatic nitrogens is 1. The van der Waals surface area contributed by atoms with E-state index in [1.54, 1.807) is 35.5 Å². The minimum Gasteiger partial charge on any atom is -0.454 e. The summed E-state index contributed by atoms with van der Waals surface area (Å²) in [6.07, 6.45) is 3.40. The van der Waals surface area contributed by atoms with Crippen LogP contribution in [0.2, 0.25) is 0 Å². The molecule has 2 aliphatic heterocycles. The van der Waals surface area contributed by atoms with Crippen molar-refractivity contribution in [3.8, 4) is 11.5 Å². The average molecular weight is 484 g/mol. The number of ether oxygens (including phenoxy) is 2. The number of carbonyl (C=O) groups excluding carboxylic acids is 2. The van der Waals surface area contributed by atoms with Gasteiger partial charge in [-0.15, -0.1) is 0 Å². The van der Waals surface area contributed by atoms with Crippen molar-refractivity contribution in [3.63, 3.8) is 0 Å². The zero-order valence-corrected chi connectivity index (χ0v) is 19.4. The van der Waals surface area contributed by atoms with E-state index in [0.717, 1.165) is 16.7 Å². The molecule has 4 aromatic rings. The van der Waals surface area contributed by atoms with Crippen LogP contribution < -0.4 is 19.7 Å². The highest BCUT2D eigenvalue weighted by Crippen LogP contribution is 2.47. The van der Waals surface area contributed by atoms with Gasteiger partial charge in [-0.25, -0.2) is 0 Å². The zero-order valence-electron chi connectivity index (χ0n) is 18.6. The second-order valence-corrected chi connectivity index (χ2v) is 9.13. The van der Waals surface area contributed by atoms with Crippen LogP contribution in [-0.4, -0.2) is 23.6 Å². The van der Waals surface area contributed by atoms with Gasteiger partial charge in [0.15, 0.2) is 11.5 Å². The molecule has 7 nitrogen and oxygen atoms in total. The summed E-state index contributed by atoms with van der Waals surface area (Å²) in [7, 11) is 0. The predicted octanol–water partition coefficient (Wildman–Crippen LogP) is 4.67. The van der Waals surface area contributed by atoms with E-state index in [-0.39, 0.29) is 18.6 Å². The maximum atomic E-state index is 13.9. The molecule has 0 fully saturated rings. The van der Waals surface area contributed by atoms with Crippen molar-refractivity contribution < 1.29 is 19.1 Å². The van der Waals surface area contributed by atoms with E-state index < -0.39 is 12.0 Å². The van der Waals surface area contributed by atoms with E-state index in [1.165, 1.54) is 11.3 Å². The van der Waals surface area contributed by atoms with Crippen molar-refractivity contribution in [3.05, 3.63) is 106 Å². The number of pyridine rings is 1. The molecule has 6 rings (SSSR count). The molecule has 2 unspecified atom stereocenters. The molecule has 2 aromatic heterocycles. The number of hydrogen-bond acceptors (Lipinski definition) is 6. The SMILES string of the molecule is O=C(NCc1ccncc1)C1c2ccccc2C(=O)N(c2ccc3c(c2)OCO3)C1c1ccsc1. The largest absolute Gasteiger partial charge is 0.454 e. The molecule has 0 spiro atoms. The van der Waals surface area contributed by atoms with E-state index in [4.69, 9.17) is 9.47 Å². The van der Waals surface area contributed by atoms with Crippen molar-refractivity contribution in [1.82, 2.24) is 10.3 Å². The van der Waals surface area contributed by atoms with Crippen molar-refractivity contribution in [2.45, 2.75) is 18.5 Å². The third kappa shape index (κ3) is 3.81. The molecule has 2 atom stereocenters. The third-order valence-electron chi connectivity index (χ3n) is 6.36. The van der Waals surface area contributed by atoms with Crippen LogP contribution in [0.15, 0.2) is 83.8 Å². The number of thiophene rings is 1. The molecule has 4 heterocycles. The third-order valence-corrected chi connectivity index (χ3v) is 7.06. The summed E-state index contributed by atoms with van der Waals surface area (Å²) in [6, 6.07) is 18.0. The van der Waals surface area contributed by atoms with Gasteiger partial charge in [-0.2, -0.15) is 11.3 Å². The van der Waals surface area contributed by atoms with E-state index in [1.807, 2.05) is 53.2 Å². The minimum absolute atomic E-state index is 0.142. The van der Waals surface area contributed by atoms with Gasteiger partial charge in [-0.3, -0.25) is 19.5 Å².